The molecule has 0 amide bonds. The second kappa shape index (κ2) is 6.79. The number of ether oxygens (including phenoxy) is 1. The fourth-order valence-electron chi connectivity index (χ4n) is 1.34. The predicted octanol–water partition coefficient (Wildman–Crippen LogP) is 1.59. The van der Waals surface area contributed by atoms with Gasteiger partial charge in [-0.3, -0.25) is 0 Å². The molecule has 0 aliphatic rings. The van der Waals surface area contributed by atoms with E-state index < -0.39 is 6.10 Å². The molecule has 0 spiro atoms. The van der Waals surface area contributed by atoms with Crippen molar-refractivity contribution < 1.29 is 14.3 Å². The molecule has 4 nitrogen and oxygen atoms in total. The molecule has 17 heavy (non-hydrogen) atoms. The van der Waals surface area contributed by atoms with E-state index in [1.807, 2.05) is 32.9 Å². The molecule has 98 valence electrons. The average Bonchev–Trinajstić information content (AvgIpc) is 2.73. The molecule has 1 aromatic rings. The van der Waals surface area contributed by atoms with Gasteiger partial charge in [0.05, 0.1) is 24.6 Å². The molecule has 4 heteroatoms. The van der Waals surface area contributed by atoms with Crippen molar-refractivity contribution in [1.82, 2.24) is 5.32 Å². The Morgan fingerprint density at radius 3 is 2.82 bits per heavy atom. The Morgan fingerprint density at radius 2 is 2.24 bits per heavy atom. The maximum atomic E-state index is 9.66. The summed E-state index contributed by atoms with van der Waals surface area (Å²) < 4.78 is 10.7. The third-order valence-corrected chi connectivity index (χ3v) is 2.22. The van der Waals surface area contributed by atoms with Crippen LogP contribution in [0.1, 0.15) is 26.5 Å². The lowest BCUT2D eigenvalue weighted by molar-refractivity contribution is -0.0478. The van der Waals surface area contributed by atoms with Crippen molar-refractivity contribution in [3.05, 3.63) is 24.2 Å². The number of furan rings is 1. The lowest BCUT2D eigenvalue weighted by atomic mass is 10.2. The first-order valence-corrected chi connectivity index (χ1v) is 6.02. The summed E-state index contributed by atoms with van der Waals surface area (Å²) in [6.07, 6.45) is 2.03. The first-order valence-electron chi connectivity index (χ1n) is 6.02. The fourth-order valence-corrected chi connectivity index (χ4v) is 1.34. The molecule has 0 saturated carbocycles. The summed E-state index contributed by atoms with van der Waals surface area (Å²) in [5.41, 5.74) is -0.199. The molecule has 1 atom stereocenters. The van der Waals surface area contributed by atoms with Crippen LogP contribution in [0, 0.1) is 0 Å². The van der Waals surface area contributed by atoms with Gasteiger partial charge in [0, 0.05) is 19.5 Å². The molecule has 2 N–H and O–H groups in total. The highest BCUT2D eigenvalue weighted by molar-refractivity contribution is 4.98. The van der Waals surface area contributed by atoms with Gasteiger partial charge in [-0.2, -0.15) is 0 Å². The molecule has 0 radical (unpaired) electrons. The fraction of sp³-hybridized carbons (Fsp3) is 0.692. The Balaban J connectivity index is 2.02. The van der Waals surface area contributed by atoms with Gasteiger partial charge in [-0.05, 0) is 32.9 Å². The zero-order valence-corrected chi connectivity index (χ0v) is 10.9. The zero-order chi connectivity index (χ0) is 12.7. The summed E-state index contributed by atoms with van der Waals surface area (Å²) in [7, 11) is 0. The van der Waals surface area contributed by atoms with E-state index in [4.69, 9.17) is 9.15 Å². The van der Waals surface area contributed by atoms with Crippen LogP contribution in [0.3, 0.4) is 0 Å². The summed E-state index contributed by atoms with van der Waals surface area (Å²) in [4.78, 5) is 0. The number of hydrogen-bond acceptors (Lipinski definition) is 4. The summed E-state index contributed by atoms with van der Waals surface area (Å²) in [6, 6.07) is 3.82. The van der Waals surface area contributed by atoms with Gasteiger partial charge >= 0.3 is 0 Å². The van der Waals surface area contributed by atoms with Crippen LogP contribution in [0.2, 0.25) is 0 Å². The summed E-state index contributed by atoms with van der Waals surface area (Å²) >= 11 is 0. The highest BCUT2D eigenvalue weighted by Gasteiger charge is 2.13. The van der Waals surface area contributed by atoms with Gasteiger partial charge < -0.3 is 19.6 Å². The Labute approximate surface area is 103 Å². The summed E-state index contributed by atoms with van der Waals surface area (Å²) in [6.45, 7) is 7.62. The van der Waals surface area contributed by atoms with Crippen LogP contribution < -0.4 is 5.32 Å². The van der Waals surface area contributed by atoms with Crippen LogP contribution in [0.4, 0.5) is 0 Å². The van der Waals surface area contributed by atoms with E-state index in [1.165, 1.54) is 0 Å². The molecule has 0 aliphatic carbocycles. The van der Waals surface area contributed by atoms with Gasteiger partial charge in [0.2, 0.25) is 0 Å². The maximum Gasteiger partial charge on any atom is 0.105 e. The van der Waals surface area contributed by atoms with E-state index in [2.05, 4.69) is 5.32 Å². The second-order valence-corrected chi connectivity index (χ2v) is 5.11. The minimum Gasteiger partial charge on any atom is -0.469 e. The normalized spacial score (nSPS) is 13.9. The molecule has 1 unspecified atom stereocenters. The molecular formula is C13H23NO3. The summed E-state index contributed by atoms with van der Waals surface area (Å²) in [5, 5.41) is 12.8. The number of rotatable bonds is 7. The number of nitrogens with one attached hydrogen (secondary N) is 1. The molecule has 1 rings (SSSR count). The lowest BCUT2D eigenvalue weighted by Crippen LogP contribution is -2.34. The Kier molecular flexibility index (Phi) is 5.68. The van der Waals surface area contributed by atoms with Gasteiger partial charge in [-0.25, -0.2) is 0 Å². The predicted molar refractivity (Wildman–Crippen MR) is 67.0 cm³/mol. The second-order valence-electron chi connectivity index (χ2n) is 5.11. The highest BCUT2D eigenvalue weighted by atomic mass is 16.5. The molecule has 0 aliphatic heterocycles. The van der Waals surface area contributed by atoms with Gasteiger partial charge in [0.1, 0.15) is 5.76 Å². The van der Waals surface area contributed by atoms with E-state index in [9.17, 15) is 5.11 Å². The van der Waals surface area contributed by atoms with E-state index >= 15 is 0 Å². The smallest absolute Gasteiger partial charge is 0.105 e. The molecule has 0 aromatic carbocycles. The van der Waals surface area contributed by atoms with Crippen molar-refractivity contribution in [2.24, 2.45) is 0 Å². The van der Waals surface area contributed by atoms with Crippen LogP contribution in [0.5, 0.6) is 0 Å². The lowest BCUT2D eigenvalue weighted by Gasteiger charge is -2.22. The van der Waals surface area contributed by atoms with E-state index in [0.29, 0.717) is 13.2 Å². The zero-order valence-electron chi connectivity index (χ0n) is 10.9. The van der Waals surface area contributed by atoms with Crippen LogP contribution >= 0.6 is 0 Å². The Bertz CT molecular complexity index is 290. The van der Waals surface area contributed by atoms with Gasteiger partial charge in [0.25, 0.3) is 0 Å². The van der Waals surface area contributed by atoms with Crippen LogP contribution in [-0.2, 0) is 11.2 Å². The first-order chi connectivity index (χ1) is 7.97. The standard InChI is InChI=1S/C13H23NO3/c1-13(2,3)17-10-11(15)9-14-7-6-12-5-4-8-16-12/h4-5,8,11,14-15H,6-7,9-10H2,1-3H3. The number of hydrogen-bond donors (Lipinski definition) is 2. The molecule has 0 fully saturated rings. The van der Waals surface area contributed by atoms with Crippen molar-refractivity contribution >= 4 is 0 Å². The highest BCUT2D eigenvalue weighted by Crippen LogP contribution is 2.06. The molecule has 1 heterocycles. The van der Waals surface area contributed by atoms with Crippen molar-refractivity contribution in [3.8, 4) is 0 Å². The van der Waals surface area contributed by atoms with Crippen molar-refractivity contribution in [3.63, 3.8) is 0 Å². The van der Waals surface area contributed by atoms with E-state index in [0.717, 1.165) is 18.7 Å². The molecule has 0 saturated heterocycles. The quantitative estimate of drug-likeness (QED) is 0.712. The van der Waals surface area contributed by atoms with E-state index in [-0.39, 0.29) is 5.60 Å². The Morgan fingerprint density at radius 1 is 1.47 bits per heavy atom. The van der Waals surface area contributed by atoms with Crippen molar-refractivity contribution in [1.29, 1.82) is 0 Å². The minimum atomic E-state index is -0.467. The van der Waals surface area contributed by atoms with Gasteiger partial charge in [-0.1, -0.05) is 0 Å². The monoisotopic (exact) mass is 241 g/mol. The van der Waals surface area contributed by atoms with Crippen LogP contribution in [-0.4, -0.2) is 36.5 Å². The SMILES string of the molecule is CC(C)(C)OCC(O)CNCCc1ccco1. The van der Waals surface area contributed by atoms with Gasteiger partial charge in [0.15, 0.2) is 0 Å². The largest absolute Gasteiger partial charge is 0.469 e. The third kappa shape index (κ3) is 7.15. The third-order valence-electron chi connectivity index (χ3n) is 2.22. The molecule has 0 bridgehead atoms. The van der Waals surface area contributed by atoms with E-state index in [1.54, 1.807) is 6.26 Å². The first kappa shape index (κ1) is 14.2. The van der Waals surface area contributed by atoms with Crippen LogP contribution in [0.25, 0.3) is 0 Å². The average molecular weight is 241 g/mol. The number of aliphatic hydroxyl groups is 1. The van der Waals surface area contributed by atoms with Crippen molar-refractivity contribution in [2.45, 2.75) is 38.9 Å². The van der Waals surface area contributed by atoms with Crippen LogP contribution in [0.15, 0.2) is 22.8 Å². The molecular weight excluding hydrogens is 218 g/mol. The van der Waals surface area contributed by atoms with Gasteiger partial charge in [-0.15, -0.1) is 0 Å². The summed E-state index contributed by atoms with van der Waals surface area (Å²) in [5.74, 6) is 0.956. The van der Waals surface area contributed by atoms with Crippen molar-refractivity contribution in [2.75, 3.05) is 19.7 Å². The topological polar surface area (TPSA) is 54.6 Å². The minimum absolute atomic E-state index is 0.199. The Hall–Kier alpha value is -0.840. The maximum absolute atomic E-state index is 9.66. The number of aliphatic hydroxyl groups excluding tert-OH is 1. The molecule has 1 aromatic heterocycles.